The normalized spacial score (nSPS) is 16.0. The van der Waals surface area contributed by atoms with E-state index in [1.807, 2.05) is 53.8 Å². The van der Waals surface area contributed by atoms with E-state index >= 15 is 0 Å². The summed E-state index contributed by atoms with van der Waals surface area (Å²) in [6, 6.07) is -2.33. The van der Waals surface area contributed by atoms with Gasteiger partial charge in [0.25, 0.3) is 0 Å². The van der Waals surface area contributed by atoms with Crippen LogP contribution in [-0.2, 0) is 25.6 Å². The standard InChI is InChI=1S/C30H54N6O5S/c1-16(2)10-22(24(37)11-19(7)28(39)36-26(18(5)6)30(41)32-14-17(3)4)34-29(40)23(13-31)35-27(38)20(8)12-25-33-21(9)15-42-25/h15-20,22-24,26,37H,10-14,31H2,1-9H3,(H,32,41)(H,34,40)(H,35,38)(H,36,39). The molecule has 42 heavy (non-hydrogen) atoms. The molecule has 4 amide bonds. The highest BCUT2D eigenvalue weighted by atomic mass is 32.1. The topological polar surface area (TPSA) is 176 Å². The molecule has 11 nitrogen and oxygen atoms in total. The van der Waals surface area contributed by atoms with Gasteiger partial charge in [-0.15, -0.1) is 11.3 Å². The highest BCUT2D eigenvalue weighted by Gasteiger charge is 2.31. The van der Waals surface area contributed by atoms with Gasteiger partial charge in [0.2, 0.25) is 23.6 Å². The number of nitrogens with two attached hydrogens (primary N) is 1. The molecule has 0 saturated carbocycles. The number of hydrogen-bond donors (Lipinski definition) is 6. The second kappa shape index (κ2) is 18.2. The van der Waals surface area contributed by atoms with E-state index in [0.717, 1.165) is 10.7 Å². The molecule has 1 heterocycles. The van der Waals surface area contributed by atoms with Gasteiger partial charge in [0.05, 0.1) is 17.2 Å². The molecule has 0 bridgehead atoms. The molecular formula is C30H54N6O5S. The summed E-state index contributed by atoms with van der Waals surface area (Å²) in [5.41, 5.74) is 6.75. The predicted molar refractivity (Wildman–Crippen MR) is 166 cm³/mol. The van der Waals surface area contributed by atoms with E-state index in [4.69, 9.17) is 5.73 Å². The molecule has 0 aliphatic rings. The van der Waals surface area contributed by atoms with E-state index in [2.05, 4.69) is 26.3 Å². The van der Waals surface area contributed by atoms with Crippen LogP contribution in [0.25, 0.3) is 0 Å². The summed E-state index contributed by atoms with van der Waals surface area (Å²) in [7, 11) is 0. The molecule has 0 saturated heterocycles. The van der Waals surface area contributed by atoms with Gasteiger partial charge in [0, 0.05) is 42.4 Å². The third-order valence-corrected chi connectivity index (χ3v) is 7.94. The lowest BCUT2D eigenvalue weighted by Crippen LogP contribution is -2.56. The van der Waals surface area contributed by atoms with Crippen LogP contribution >= 0.6 is 11.3 Å². The molecule has 7 N–H and O–H groups in total. The number of carbonyl (C=O) groups is 4. The van der Waals surface area contributed by atoms with Crippen molar-refractivity contribution in [2.24, 2.45) is 35.3 Å². The summed E-state index contributed by atoms with van der Waals surface area (Å²) >= 11 is 1.49. The number of amides is 4. The Balaban J connectivity index is 2.83. The second-order valence-electron chi connectivity index (χ2n) is 12.6. The van der Waals surface area contributed by atoms with Crippen LogP contribution < -0.4 is 27.0 Å². The van der Waals surface area contributed by atoms with E-state index in [-0.39, 0.29) is 48.4 Å². The average molecular weight is 611 g/mol. The summed E-state index contributed by atoms with van der Waals surface area (Å²) in [5, 5.41) is 25.2. The molecule has 0 aliphatic carbocycles. The molecule has 0 radical (unpaired) electrons. The molecular weight excluding hydrogens is 556 g/mol. The number of nitrogens with one attached hydrogen (secondary N) is 4. The van der Waals surface area contributed by atoms with E-state index in [0.29, 0.717) is 19.4 Å². The molecule has 240 valence electrons. The summed E-state index contributed by atoms with van der Waals surface area (Å²) in [6.07, 6.45) is -0.0511. The van der Waals surface area contributed by atoms with Gasteiger partial charge >= 0.3 is 0 Å². The van der Waals surface area contributed by atoms with Crippen molar-refractivity contribution >= 4 is 35.0 Å². The first kappa shape index (κ1) is 37.5. The number of carbonyl (C=O) groups excluding carboxylic acids is 4. The van der Waals surface area contributed by atoms with Crippen molar-refractivity contribution in [1.82, 2.24) is 26.3 Å². The summed E-state index contributed by atoms with van der Waals surface area (Å²) in [6.45, 7) is 17.4. The van der Waals surface area contributed by atoms with Crippen molar-refractivity contribution in [1.29, 1.82) is 0 Å². The number of thiazole rings is 1. The Labute approximate surface area is 255 Å². The van der Waals surface area contributed by atoms with Crippen LogP contribution in [0.15, 0.2) is 5.38 Å². The van der Waals surface area contributed by atoms with Gasteiger partial charge < -0.3 is 32.1 Å². The number of aliphatic hydroxyl groups is 1. The highest BCUT2D eigenvalue weighted by molar-refractivity contribution is 7.09. The van der Waals surface area contributed by atoms with Crippen LogP contribution in [0.2, 0.25) is 0 Å². The lowest BCUT2D eigenvalue weighted by molar-refractivity contribution is -0.133. The van der Waals surface area contributed by atoms with Crippen molar-refractivity contribution in [3.8, 4) is 0 Å². The Hall–Kier alpha value is -2.57. The molecule has 1 rings (SSSR count). The van der Waals surface area contributed by atoms with Crippen molar-refractivity contribution in [3.63, 3.8) is 0 Å². The summed E-state index contributed by atoms with van der Waals surface area (Å²) in [4.78, 5) is 56.0. The Bertz CT molecular complexity index is 1010. The molecule has 1 aromatic rings. The third kappa shape index (κ3) is 13.2. The number of hydrogen-bond acceptors (Lipinski definition) is 8. The van der Waals surface area contributed by atoms with Gasteiger partial charge in [-0.3, -0.25) is 19.2 Å². The number of aryl methyl sites for hydroxylation is 1. The Morgan fingerprint density at radius 3 is 1.98 bits per heavy atom. The fourth-order valence-electron chi connectivity index (χ4n) is 4.38. The van der Waals surface area contributed by atoms with E-state index in [1.54, 1.807) is 13.8 Å². The fourth-order valence-corrected chi connectivity index (χ4v) is 5.28. The molecule has 0 fully saturated rings. The molecule has 1 aromatic heterocycles. The zero-order chi connectivity index (χ0) is 32.1. The van der Waals surface area contributed by atoms with Crippen molar-refractivity contribution in [2.75, 3.05) is 13.1 Å². The maximum absolute atomic E-state index is 13.2. The molecule has 0 aliphatic heterocycles. The van der Waals surface area contributed by atoms with Crippen LogP contribution in [0.5, 0.6) is 0 Å². The Morgan fingerprint density at radius 1 is 0.857 bits per heavy atom. The van der Waals surface area contributed by atoms with Gasteiger partial charge in [-0.05, 0) is 37.5 Å². The molecule has 6 unspecified atom stereocenters. The smallest absolute Gasteiger partial charge is 0.244 e. The molecule has 0 aromatic carbocycles. The monoisotopic (exact) mass is 610 g/mol. The first-order valence-corrected chi connectivity index (χ1v) is 15.9. The maximum atomic E-state index is 13.2. The molecule has 6 atom stereocenters. The first-order chi connectivity index (χ1) is 19.5. The van der Waals surface area contributed by atoms with E-state index in [9.17, 15) is 24.3 Å². The lowest BCUT2D eigenvalue weighted by atomic mass is 9.91. The third-order valence-electron chi connectivity index (χ3n) is 6.96. The maximum Gasteiger partial charge on any atom is 0.244 e. The van der Waals surface area contributed by atoms with Gasteiger partial charge in [-0.25, -0.2) is 4.98 Å². The fraction of sp³-hybridized carbons (Fsp3) is 0.767. The van der Waals surface area contributed by atoms with Crippen LogP contribution in [0, 0.1) is 36.5 Å². The summed E-state index contributed by atoms with van der Waals surface area (Å²) < 4.78 is 0. The van der Waals surface area contributed by atoms with Crippen LogP contribution in [-0.4, -0.2) is 71.0 Å². The SMILES string of the molecule is Cc1csc(CC(C)C(=O)NC(CN)C(=O)NC(CC(C)C)C(O)CC(C)C(=O)NC(C(=O)NCC(C)C)C(C)C)n1. The van der Waals surface area contributed by atoms with Crippen molar-refractivity contribution in [3.05, 3.63) is 16.1 Å². The Kier molecular flexibility index (Phi) is 16.2. The van der Waals surface area contributed by atoms with Gasteiger partial charge in [0.15, 0.2) is 0 Å². The highest BCUT2D eigenvalue weighted by Crippen LogP contribution is 2.17. The second-order valence-corrected chi connectivity index (χ2v) is 13.5. The predicted octanol–water partition coefficient (Wildman–Crippen LogP) is 1.90. The quantitative estimate of drug-likeness (QED) is 0.147. The van der Waals surface area contributed by atoms with Gasteiger partial charge in [0.1, 0.15) is 12.1 Å². The van der Waals surface area contributed by atoms with Crippen LogP contribution in [0.1, 0.15) is 78.9 Å². The number of aliphatic hydroxyl groups excluding tert-OH is 1. The van der Waals surface area contributed by atoms with E-state index in [1.165, 1.54) is 11.3 Å². The zero-order valence-electron chi connectivity index (χ0n) is 26.8. The average Bonchev–Trinajstić information content (AvgIpc) is 3.31. The lowest BCUT2D eigenvalue weighted by Gasteiger charge is -2.30. The molecule has 0 spiro atoms. The van der Waals surface area contributed by atoms with Crippen LogP contribution in [0.4, 0.5) is 0 Å². The minimum Gasteiger partial charge on any atom is -0.391 e. The van der Waals surface area contributed by atoms with Gasteiger partial charge in [-0.2, -0.15) is 0 Å². The first-order valence-electron chi connectivity index (χ1n) is 15.0. The minimum atomic E-state index is -1.04. The number of rotatable bonds is 18. The number of nitrogens with zero attached hydrogens (tertiary/aromatic N) is 1. The zero-order valence-corrected chi connectivity index (χ0v) is 27.6. The molecule has 12 heteroatoms. The van der Waals surface area contributed by atoms with Gasteiger partial charge in [-0.1, -0.05) is 55.4 Å². The van der Waals surface area contributed by atoms with Crippen LogP contribution in [0.3, 0.4) is 0 Å². The summed E-state index contributed by atoms with van der Waals surface area (Å²) in [5.74, 6) is -2.12. The largest absolute Gasteiger partial charge is 0.391 e. The number of aromatic nitrogens is 1. The van der Waals surface area contributed by atoms with Crippen molar-refractivity contribution < 1.29 is 24.3 Å². The van der Waals surface area contributed by atoms with E-state index < -0.39 is 42.0 Å². The Morgan fingerprint density at radius 2 is 1.48 bits per heavy atom. The minimum absolute atomic E-state index is 0.0752. The van der Waals surface area contributed by atoms with Crippen molar-refractivity contribution in [2.45, 2.75) is 106 Å².